The number of carbonyl (C=O) groups is 3. The van der Waals surface area contributed by atoms with Gasteiger partial charge in [0.05, 0.1) is 6.42 Å². The van der Waals surface area contributed by atoms with Crippen molar-refractivity contribution in [1.29, 1.82) is 0 Å². The SMILES string of the molecule is O=C(O)CC(NC(=O)c1cc(NC(=O)OCC2c3ccccc3-c3ccccc32)on1)C1CCC1. The number of benzene rings is 2. The van der Waals surface area contributed by atoms with Gasteiger partial charge in [-0.1, -0.05) is 60.1 Å². The Hall–Kier alpha value is -4.14. The Morgan fingerprint density at radius 2 is 1.71 bits per heavy atom. The van der Waals surface area contributed by atoms with E-state index < -0.39 is 24.0 Å². The first-order valence-electron chi connectivity index (χ1n) is 11.6. The predicted octanol–water partition coefficient (Wildman–Crippen LogP) is 4.41. The monoisotopic (exact) mass is 475 g/mol. The molecule has 2 aliphatic carbocycles. The molecule has 0 aliphatic heterocycles. The number of nitrogens with one attached hydrogen (secondary N) is 2. The highest BCUT2D eigenvalue weighted by molar-refractivity contribution is 5.94. The van der Waals surface area contributed by atoms with Gasteiger partial charge in [-0.05, 0) is 41.0 Å². The molecule has 5 rings (SSSR count). The van der Waals surface area contributed by atoms with Crippen LogP contribution in [-0.2, 0) is 9.53 Å². The number of ether oxygens (including phenoxy) is 1. The van der Waals surface area contributed by atoms with E-state index in [4.69, 9.17) is 14.4 Å². The van der Waals surface area contributed by atoms with Crippen molar-refractivity contribution in [2.24, 2.45) is 5.92 Å². The maximum absolute atomic E-state index is 12.5. The molecular formula is C26H25N3O6. The summed E-state index contributed by atoms with van der Waals surface area (Å²) in [6, 6.07) is 16.9. The van der Waals surface area contributed by atoms with Crippen molar-refractivity contribution in [1.82, 2.24) is 10.5 Å². The number of hydrogen-bond donors (Lipinski definition) is 3. The third kappa shape index (κ3) is 4.75. The van der Waals surface area contributed by atoms with Crippen LogP contribution >= 0.6 is 0 Å². The van der Waals surface area contributed by atoms with E-state index in [0.717, 1.165) is 41.5 Å². The van der Waals surface area contributed by atoms with Crippen molar-refractivity contribution in [2.75, 3.05) is 11.9 Å². The summed E-state index contributed by atoms with van der Waals surface area (Å²) in [7, 11) is 0. The predicted molar refractivity (Wildman–Crippen MR) is 126 cm³/mol. The number of anilines is 1. The van der Waals surface area contributed by atoms with Gasteiger partial charge in [0, 0.05) is 18.0 Å². The van der Waals surface area contributed by atoms with Gasteiger partial charge in [0.1, 0.15) is 6.61 Å². The molecule has 0 spiro atoms. The van der Waals surface area contributed by atoms with Crippen LogP contribution in [0.15, 0.2) is 59.1 Å². The highest BCUT2D eigenvalue weighted by Crippen LogP contribution is 2.44. The Labute approximate surface area is 201 Å². The normalized spacial score (nSPS) is 15.4. The fourth-order valence-electron chi connectivity index (χ4n) is 4.78. The van der Waals surface area contributed by atoms with Crippen LogP contribution in [0.4, 0.5) is 10.7 Å². The van der Waals surface area contributed by atoms with E-state index in [1.54, 1.807) is 0 Å². The fourth-order valence-corrected chi connectivity index (χ4v) is 4.78. The van der Waals surface area contributed by atoms with Gasteiger partial charge >= 0.3 is 12.1 Å². The summed E-state index contributed by atoms with van der Waals surface area (Å²) in [6.07, 6.45) is 1.90. The molecule has 180 valence electrons. The molecule has 9 nitrogen and oxygen atoms in total. The minimum Gasteiger partial charge on any atom is -0.481 e. The van der Waals surface area contributed by atoms with E-state index in [1.807, 2.05) is 36.4 Å². The lowest BCUT2D eigenvalue weighted by molar-refractivity contribution is -0.138. The molecule has 3 N–H and O–H groups in total. The van der Waals surface area contributed by atoms with Crippen molar-refractivity contribution < 1.29 is 28.8 Å². The molecule has 1 aromatic heterocycles. The first-order chi connectivity index (χ1) is 17.0. The standard InChI is InChI=1S/C26H25N3O6/c30-24(31)13-21(15-6-5-7-15)27-25(32)22-12-23(35-29-22)28-26(33)34-14-20-18-10-3-1-8-16(18)17-9-2-4-11-19(17)20/h1-4,8-12,15,20-21H,5-7,13-14H2,(H,27,32)(H,28,33)(H,30,31). The minimum absolute atomic E-state index is 0.0363. The van der Waals surface area contributed by atoms with E-state index in [-0.39, 0.29) is 36.4 Å². The summed E-state index contributed by atoms with van der Waals surface area (Å²) in [6.45, 7) is 0.138. The molecule has 1 fully saturated rings. The Kier molecular flexibility index (Phi) is 6.22. The Morgan fingerprint density at radius 1 is 1.06 bits per heavy atom. The average molecular weight is 476 g/mol. The lowest BCUT2D eigenvalue weighted by Crippen LogP contribution is -2.44. The van der Waals surface area contributed by atoms with E-state index in [0.29, 0.717) is 0 Å². The second kappa shape index (κ2) is 9.61. The molecule has 0 bridgehead atoms. The zero-order valence-electron chi connectivity index (χ0n) is 18.9. The Bertz CT molecular complexity index is 1220. The van der Waals surface area contributed by atoms with Gasteiger partial charge in [0.15, 0.2) is 5.69 Å². The highest BCUT2D eigenvalue weighted by atomic mass is 16.6. The number of rotatable bonds is 8. The van der Waals surface area contributed by atoms with Gasteiger partial charge in [-0.15, -0.1) is 0 Å². The van der Waals surface area contributed by atoms with E-state index in [1.165, 1.54) is 6.07 Å². The fraction of sp³-hybridized carbons (Fsp3) is 0.308. The number of nitrogens with zero attached hydrogens (tertiary/aromatic N) is 1. The van der Waals surface area contributed by atoms with Crippen molar-refractivity contribution in [3.8, 4) is 11.1 Å². The van der Waals surface area contributed by atoms with E-state index in [2.05, 4.69) is 27.9 Å². The quantitative estimate of drug-likeness (QED) is 0.440. The molecule has 1 atom stereocenters. The molecule has 2 aliphatic rings. The first-order valence-corrected chi connectivity index (χ1v) is 11.6. The summed E-state index contributed by atoms with van der Waals surface area (Å²) in [5, 5.41) is 18.0. The van der Waals surface area contributed by atoms with Gasteiger partial charge < -0.3 is 19.7 Å². The zero-order valence-corrected chi connectivity index (χ0v) is 18.9. The molecule has 9 heteroatoms. The second-order valence-electron chi connectivity index (χ2n) is 8.90. The number of carboxylic acid groups (broad SMARTS) is 1. The maximum atomic E-state index is 12.5. The van der Waals surface area contributed by atoms with Gasteiger partial charge in [0.25, 0.3) is 5.91 Å². The number of carbonyl (C=O) groups excluding carboxylic acids is 2. The van der Waals surface area contributed by atoms with Crippen molar-refractivity contribution in [3.05, 3.63) is 71.4 Å². The molecule has 35 heavy (non-hydrogen) atoms. The number of aromatic nitrogens is 1. The van der Waals surface area contributed by atoms with Crippen LogP contribution in [0.25, 0.3) is 11.1 Å². The lowest BCUT2D eigenvalue weighted by Gasteiger charge is -2.33. The molecular weight excluding hydrogens is 450 g/mol. The zero-order chi connectivity index (χ0) is 24.4. The lowest BCUT2D eigenvalue weighted by atomic mass is 9.78. The maximum Gasteiger partial charge on any atom is 0.414 e. The number of aliphatic carboxylic acids is 1. The third-order valence-electron chi connectivity index (χ3n) is 6.74. The van der Waals surface area contributed by atoms with Gasteiger partial charge in [-0.25, -0.2) is 4.79 Å². The second-order valence-corrected chi connectivity index (χ2v) is 8.90. The largest absolute Gasteiger partial charge is 0.481 e. The Balaban J connectivity index is 1.18. The molecule has 0 saturated heterocycles. The van der Waals surface area contributed by atoms with E-state index in [9.17, 15) is 14.4 Å². The number of fused-ring (bicyclic) bond motifs is 3. The van der Waals surface area contributed by atoms with Crippen molar-refractivity contribution >= 4 is 23.9 Å². The molecule has 0 radical (unpaired) electrons. The van der Waals surface area contributed by atoms with Crippen LogP contribution in [0.2, 0.25) is 0 Å². The Morgan fingerprint density at radius 3 is 2.31 bits per heavy atom. The smallest absolute Gasteiger partial charge is 0.414 e. The van der Waals surface area contributed by atoms with Crippen molar-refractivity contribution in [3.63, 3.8) is 0 Å². The van der Waals surface area contributed by atoms with Crippen molar-refractivity contribution in [2.45, 2.75) is 37.6 Å². The van der Waals surface area contributed by atoms with Gasteiger partial charge in [-0.3, -0.25) is 14.9 Å². The summed E-state index contributed by atoms with van der Waals surface area (Å²) >= 11 is 0. The summed E-state index contributed by atoms with van der Waals surface area (Å²) in [5.74, 6) is -1.50. The molecule has 1 heterocycles. The van der Waals surface area contributed by atoms with Crippen LogP contribution in [0, 0.1) is 5.92 Å². The molecule has 1 unspecified atom stereocenters. The minimum atomic E-state index is -0.972. The number of carboxylic acids is 1. The average Bonchev–Trinajstić information content (AvgIpc) is 3.39. The molecule has 3 aromatic rings. The van der Waals surface area contributed by atoms with Gasteiger partial charge in [-0.2, -0.15) is 0 Å². The van der Waals surface area contributed by atoms with Crippen LogP contribution in [0.1, 0.15) is 53.2 Å². The number of amides is 2. The van der Waals surface area contributed by atoms with Crippen LogP contribution in [0.3, 0.4) is 0 Å². The number of hydrogen-bond acceptors (Lipinski definition) is 6. The van der Waals surface area contributed by atoms with Gasteiger partial charge in [0.2, 0.25) is 5.88 Å². The summed E-state index contributed by atoms with van der Waals surface area (Å²) in [4.78, 5) is 36.1. The van der Waals surface area contributed by atoms with Crippen LogP contribution in [-0.4, -0.2) is 40.9 Å². The first kappa shape index (κ1) is 22.6. The summed E-state index contributed by atoms with van der Waals surface area (Å²) in [5.41, 5.74) is 4.41. The van der Waals surface area contributed by atoms with E-state index >= 15 is 0 Å². The molecule has 2 amide bonds. The summed E-state index contributed by atoms with van der Waals surface area (Å²) < 4.78 is 10.5. The third-order valence-corrected chi connectivity index (χ3v) is 6.74. The van der Waals surface area contributed by atoms with Crippen LogP contribution in [0.5, 0.6) is 0 Å². The highest BCUT2D eigenvalue weighted by Gasteiger charge is 2.32. The molecule has 2 aromatic carbocycles. The van der Waals surface area contributed by atoms with Crippen LogP contribution < -0.4 is 10.6 Å². The molecule has 1 saturated carbocycles. The topological polar surface area (TPSA) is 131 Å².